The van der Waals surface area contributed by atoms with Crippen LogP contribution in [-0.2, 0) is 15.4 Å². The van der Waals surface area contributed by atoms with Gasteiger partial charge in [0.25, 0.3) is 0 Å². The molecule has 5 heteroatoms. The van der Waals surface area contributed by atoms with E-state index >= 15 is 0 Å². The molecule has 0 bridgehead atoms. The standard InChI is InChI=1S/C18H21NO3S/c1-18(2,3)15-10-8-13(9-11-15)17(20)14-6-5-7-16(12-14)19-23(4,21)22/h5-12,19H,1-4H3. The van der Waals surface area contributed by atoms with E-state index in [1.807, 2.05) is 12.1 Å². The average Bonchev–Trinajstić information content (AvgIpc) is 2.44. The van der Waals surface area contributed by atoms with E-state index < -0.39 is 10.0 Å². The lowest BCUT2D eigenvalue weighted by Gasteiger charge is -2.19. The van der Waals surface area contributed by atoms with Crippen LogP contribution in [0.15, 0.2) is 48.5 Å². The molecule has 2 aromatic rings. The molecular weight excluding hydrogens is 310 g/mol. The second kappa shape index (κ2) is 6.16. The molecule has 0 radical (unpaired) electrons. The molecule has 0 aliphatic rings. The number of hydrogen-bond donors (Lipinski definition) is 1. The molecule has 2 aromatic carbocycles. The lowest BCUT2D eigenvalue weighted by molar-refractivity contribution is 0.103. The highest BCUT2D eigenvalue weighted by Crippen LogP contribution is 2.23. The fourth-order valence-corrected chi connectivity index (χ4v) is 2.78. The van der Waals surface area contributed by atoms with Gasteiger partial charge in [-0.3, -0.25) is 9.52 Å². The molecule has 0 spiro atoms. The van der Waals surface area contributed by atoms with Gasteiger partial charge >= 0.3 is 0 Å². The Labute approximate surface area is 137 Å². The summed E-state index contributed by atoms with van der Waals surface area (Å²) >= 11 is 0. The maximum absolute atomic E-state index is 12.5. The molecule has 0 saturated heterocycles. The van der Waals surface area contributed by atoms with Crippen LogP contribution in [0.4, 0.5) is 5.69 Å². The maximum Gasteiger partial charge on any atom is 0.229 e. The van der Waals surface area contributed by atoms with Crippen molar-refractivity contribution in [2.75, 3.05) is 11.0 Å². The first kappa shape index (κ1) is 17.2. The third-order valence-electron chi connectivity index (χ3n) is 3.44. The Morgan fingerprint density at radius 1 is 0.957 bits per heavy atom. The van der Waals surface area contributed by atoms with Gasteiger partial charge in [0, 0.05) is 16.8 Å². The highest BCUT2D eigenvalue weighted by atomic mass is 32.2. The van der Waals surface area contributed by atoms with E-state index in [2.05, 4.69) is 25.5 Å². The molecule has 0 saturated carbocycles. The van der Waals surface area contributed by atoms with E-state index in [1.54, 1.807) is 36.4 Å². The van der Waals surface area contributed by atoms with Crippen molar-refractivity contribution in [1.29, 1.82) is 0 Å². The van der Waals surface area contributed by atoms with Crippen molar-refractivity contribution in [3.63, 3.8) is 0 Å². The Balaban J connectivity index is 2.28. The summed E-state index contributed by atoms with van der Waals surface area (Å²) in [5.74, 6) is -0.136. The first-order valence-electron chi connectivity index (χ1n) is 7.29. The number of nitrogens with one attached hydrogen (secondary N) is 1. The lowest BCUT2D eigenvalue weighted by atomic mass is 9.86. The van der Waals surface area contributed by atoms with Crippen LogP contribution in [0.3, 0.4) is 0 Å². The second-order valence-corrected chi connectivity index (χ2v) is 8.36. The summed E-state index contributed by atoms with van der Waals surface area (Å²) in [5, 5.41) is 0. The third-order valence-corrected chi connectivity index (χ3v) is 4.05. The van der Waals surface area contributed by atoms with Gasteiger partial charge in [-0.1, -0.05) is 57.2 Å². The van der Waals surface area contributed by atoms with E-state index in [1.165, 1.54) is 0 Å². The van der Waals surface area contributed by atoms with Crippen molar-refractivity contribution in [2.45, 2.75) is 26.2 Å². The molecule has 0 aliphatic carbocycles. The van der Waals surface area contributed by atoms with Gasteiger partial charge in [0.05, 0.1) is 6.26 Å². The molecule has 4 nitrogen and oxygen atoms in total. The van der Waals surface area contributed by atoms with Crippen molar-refractivity contribution in [1.82, 2.24) is 0 Å². The fourth-order valence-electron chi connectivity index (χ4n) is 2.23. The van der Waals surface area contributed by atoms with Crippen LogP contribution in [0, 0.1) is 0 Å². The minimum atomic E-state index is -3.37. The molecule has 0 aliphatic heterocycles. The van der Waals surface area contributed by atoms with Crippen LogP contribution in [-0.4, -0.2) is 20.5 Å². The van der Waals surface area contributed by atoms with E-state index in [0.717, 1.165) is 11.8 Å². The van der Waals surface area contributed by atoms with Crippen molar-refractivity contribution in [3.8, 4) is 0 Å². The maximum atomic E-state index is 12.5. The normalized spacial score (nSPS) is 12.0. The zero-order valence-electron chi connectivity index (χ0n) is 13.8. The number of sulfonamides is 1. The first-order valence-corrected chi connectivity index (χ1v) is 9.18. The van der Waals surface area contributed by atoms with Crippen LogP contribution >= 0.6 is 0 Å². The average molecular weight is 331 g/mol. The van der Waals surface area contributed by atoms with E-state index in [9.17, 15) is 13.2 Å². The van der Waals surface area contributed by atoms with Crippen LogP contribution in [0.1, 0.15) is 42.3 Å². The zero-order chi connectivity index (χ0) is 17.3. The summed E-state index contributed by atoms with van der Waals surface area (Å²) in [7, 11) is -3.37. The highest BCUT2D eigenvalue weighted by molar-refractivity contribution is 7.92. The molecule has 0 atom stereocenters. The summed E-state index contributed by atoms with van der Waals surface area (Å²) < 4.78 is 25.0. The van der Waals surface area contributed by atoms with E-state index in [0.29, 0.717) is 16.8 Å². The van der Waals surface area contributed by atoms with Gasteiger partial charge in [-0.05, 0) is 23.1 Å². The predicted octanol–water partition coefficient (Wildman–Crippen LogP) is 3.59. The summed E-state index contributed by atoms with van der Waals surface area (Å²) in [5.41, 5.74) is 2.59. The second-order valence-electron chi connectivity index (χ2n) is 6.61. The predicted molar refractivity (Wildman–Crippen MR) is 93.5 cm³/mol. The lowest BCUT2D eigenvalue weighted by Crippen LogP contribution is -2.12. The highest BCUT2D eigenvalue weighted by Gasteiger charge is 2.15. The molecule has 122 valence electrons. The minimum Gasteiger partial charge on any atom is -0.289 e. The topological polar surface area (TPSA) is 63.2 Å². The SMILES string of the molecule is CC(C)(C)c1ccc(C(=O)c2cccc(NS(C)(=O)=O)c2)cc1. The van der Waals surface area contributed by atoms with Gasteiger partial charge in [0.15, 0.2) is 5.78 Å². The van der Waals surface area contributed by atoms with Crippen LogP contribution < -0.4 is 4.72 Å². The number of rotatable bonds is 4. The van der Waals surface area contributed by atoms with Crippen LogP contribution in [0.25, 0.3) is 0 Å². The Bertz CT molecular complexity index is 816. The molecule has 0 fully saturated rings. The monoisotopic (exact) mass is 331 g/mol. The minimum absolute atomic E-state index is 0.0287. The molecule has 1 N–H and O–H groups in total. The first-order chi connectivity index (χ1) is 10.6. The fraction of sp³-hybridized carbons (Fsp3) is 0.278. The van der Waals surface area contributed by atoms with Crippen LogP contribution in [0.5, 0.6) is 0 Å². The van der Waals surface area contributed by atoms with Gasteiger partial charge < -0.3 is 0 Å². The third kappa shape index (κ3) is 4.66. The molecular formula is C18H21NO3S. The van der Waals surface area contributed by atoms with E-state index in [4.69, 9.17) is 0 Å². The Morgan fingerprint density at radius 3 is 2.09 bits per heavy atom. The summed E-state index contributed by atoms with van der Waals surface area (Å²) in [6, 6.07) is 14.0. The van der Waals surface area contributed by atoms with Gasteiger partial charge in [-0.2, -0.15) is 0 Å². The van der Waals surface area contributed by atoms with E-state index in [-0.39, 0.29) is 11.2 Å². The number of ketones is 1. The molecule has 23 heavy (non-hydrogen) atoms. The Kier molecular flexibility index (Phi) is 4.61. The number of benzene rings is 2. The van der Waals surface area contributed by atoms with Crippen molar-refractivity contribution < 1.29 is 13.2 Å². The number of carbonyl (C=O) groups is 1. The van der Waals surface area contributed by atoms with Gasteiger partial charge in [-0.25, -0.2) is 8.42 Å². The molecule has 0 amide bonds. The number of anilines is 1. The Morgan fingerprint density at radius 2 is 1.57 bits per heavy atom. The Hall–Kier alpha value is -2.14. The van der Waals surface area contributed by atoms with Crippen molar-refractivity contribution >= 4 is 21.5 Å². The largest absolute Gasteiger partial charge is 0.289 e. The summed E-state index contributed by atoms with van der Waals surface area (Å²) in [4.78, 5) is 12.5. The smallest absolute Gasteiger partial charge is 0.229 e. The van der Waals surface area contributed by atoms with Crippen molar-refractivity contribution in [3.05, 3.63) is 65.2 Å². The van der Waals surface area contributed by atoms with Gasteiger partial charge in [0.1, 0.15) is 0 Å². The van der Waals surface area contributed by atoms with Crippen molar-refractivity contribution in [2.24, 2.45) is 0 Å². The zero-order valence-corrected chi connectivity index (χ0v) is 14.6. The number of carbonyl (C=O) groups excluding carboxylic acids is 1. The molecule has 0 heterocycles. The van der Waals surface area contributed by atoms with Gasteiger partial charge in [0.2, 0.25) is 10.0 Å². The summed E-state index contributed by atoms with van der Waals surface area (Å²) in [6.45, 7) is 6.35. The molecule has 0 unspecified atom stereocenters. The van der Waals surface area contributed by atoms with Gasteiger partial charge in [-0.15, -0.1) is 0 Å². The molecule has 2 rings (SSSR count). The molecule has 0 aromatic heterocycles. The van der Waals surface area contributed by atoms with Crippen LogP contribution in [0.2, 0.25) is 0 Å². The number of hydrogen-bond acceptors (Lipinski definition) is 3. The quantitative estimate of drug-likeness (QED) is 0.871. The summed E-state index contributed by atoms with van der Waals surface area (Å²) in [6.07, 6.45) is 1.08.